The van der Waals surface area contributed by atoms with Crippen LogP contribution in [0.1, 0.15) is 10.4 Å². The van der Waals surface area contributed by atoms with Gasteiger partial charge < -0.3 is 15.8 Å². The van der Waals surface area contributed by atoms with E-state index in [1.54, 1.807) is 12.1 Å². The number of nitrogen functional groups attached to an aromatic ring is 1. The minimum absolute atomic E-state index is 0.0937. The van der Waals surface area contributed by atoms with E-state index in [-0.39, 0.29) is 10.6 Å². The summed E-state index contributed by atoms with van der Waals surface area (Å²) in [5.74, 6) is -0.763. The van der Waals surface area contributed by atoms with E-state index in [4.69, 9.17) is 22.1 Å². The van der Waals surface area contributed by atoms with Gasteiger partial charge in [0.2, 0.25) is 0 Å². The summed E-state index contributed by atoms with van der Waals surface area (Å²) in [6, 6.07) is 8.61. The molecule has 2 aromatic rings. The molecule has 0 bridgehead atoms. The van der Waals surface area contributed by atoms with Crippen molar-refractivity contribution in [1.29, 1.82) is 0 Å². The molecule has 0 fully saturated rings. The van der Waals surface area contributed by atoms with Crippen molar-refractivity contribution in [3.05, 3.63) is 52.8 Å². The molecule has 0 aromatic heterocycles. The number of nitrogens with one attached hydrogen (secondary N) is 1. The fraction of sp³-hybridized carbons (Fsp3) is 0.0714. The van der Waals surface area contributed by atoms with Gasteiger partial charge >= 0.3 is 0 Å². The highest BCUT2D eigenvalue weighted by atomic mass is 35.5. The Labute approximate surface area is 120 Å². The molecule has 0 aliphatic rings. The maximum absolute atomic E-state index is 13.6. The topological polar surface area (TPSA) is 64.3 Å². The van der Waals surface area contributed by atoms with E-state index in [9.17, 15) is 9.18 Å². The molecular weight excluding hydrogens is 283 g/mol. The summed E-state index contributed by atoms with van der Waals surface area (Å²) in [5, 5.41) is 2.78. The number of hydrogen-bond acceptors (Lipinski definition) is 3. The zero-order chi connectivity index (χ0) is 14.7. The van der Waals surface area contributed by atoms with Gasteiger partial charge in [-0.1, -0.05) is 11.6 Å². The summed E-state index contributed by atoms with van der Waals surface area (Å²) in [7, 11) is 1.49. The summed E-state index contributed by atoms with van der Waals surface area (Å²) in [5.41, 5.74) is 6.46. The second-order valence-corrected chi connectivity index (χ2v) is 4.47. The van der Waals surface area contributed by atoms with E-state index in [0.29, 0.717) is 17.1 Å². The van der Waals surface area contributed by atoms with Crippen molar-refractivity contribution < 1.29 is 13.9 Å². The number of carbonyl (C=O) groups is 1. The third-order valence-electron chi connectivity index (χ3n) is 2.66. The number of amides is 1. The number of anilines is 2. The van der Waals surface area contributed by atoms with Gasteiger partial charge in [-0.25, -0.2) is 4.39 Å². The molecule has 4 nitrogen and oxygen atoms in total. The van der Waals surface area contributed by atoms with E-state index in [0.717, 1.165) is 6.07 Å². The molecule has 0 radical (unpaired) electrons. The molecule has 20 heavy (non-hydrogen) atoms. The Balaban J connectivity index is 2.21. The smallest absolute Gasteiger partial charge is 0.258 e. The van der Waals surface area contributed by atoms with Crippen LogP contribution in [0, 0.1) is 5.82 Å². The molecule has 104 valence electrons. The lowest BCUT2D eigenvalue weighted by molar-refractivity contribution is 0.102. The van der Waals surface area contributed by atoms with Crippen molar-refractivity contribution in [2.45, 2.75) is 0 Å². The maximum atomic E-state index is 13.6. The van der Waals surface area contributed by atoms with Crippen LogP contribution in [-0.2, 0) is 0 Å². The van der Waals surface area contributed by atoms with Gasteiger partial charge in [-0.3, -0.25) is 4.79 Å². The molecule has 0 unspecified atom stereocenters. The van der Waals surface area contributed by atoms with Crippen LogP contribution < -0.4 is 15.8 Å². The zero-order valence-electron chi connectivity index (χ0n) is 10.6. The number of rotatable bonds is 3. The molecule has 0 atom stereocenters. The molecule has 2 rings (SSSR count). The Morgan fingerprint density at radius 2 is 2.05 bits per heavy atom. The first-order valence-electron chi connectivity index (χ1n) is 5.71. The second-order valence-electron chi connectivity index (χ2n) is 4.04. The van der Waals surface area contributed by atoms with Gasteiger partial charge in [0.15, 0.2) is 0 Å². The van der Waals surface area contributed by atoms with Gasteiger partial charge in [0.05, 0.1) is 18.4 Å². The Morgan fingerprint density at radius 1 is 1.30 bits per heavy atom. The highest BCUT2D eigenvalue weighted by molar-refractivity contribution is 6.30. The van der Waals surface area contributed by atoms with Crippen LogP contribution in [0.4, 0.5) is 15.8 Å². The summed E-state index contributed by atoms with van der Waals surface area (Å²) in [6.45, 7) is 0. The maximum Gasteiger partial charge on any atom is 0.258 e. The quantitative estimate of drug-likeness (QED) is 0.854. The molecule has 6 heteroatoms. The summed E-state index contributed by atoms with van der Waals surface area (Å²) < 4.78 is 18.6. The molecule has 1 amide bonds. The first kappa shape index (κ1) is 14.1. The molecule has 0 aliphatic carbocycles. The number of carbonyl (C=O) groups excluding carboxylic acids is 1. The number of hydrogen-bond donors (Lipinski definition) is 2. The minimum Gasteiger partial charge on any atom is -0.495 e. The minimum atomic E-state index is -0.684. The van der Waals surface area contributed by atoms with Gasteiger partial charge in [0, 0.05) is 10.7 Å². The molecule has 0 saturated carbocycles. The van der Waals surface area contributed by atoms with E-state index >= 15 is 0 Å². The molecule has 3 N–H and O–H groups in total. The fourth-order valence-corrected chi connectivity index (χ4v) is 1.84. The first-order valence-corrected chi connectivity index (χ1v) is 6.09. The van der Waals surface area contributed by atoms with Gasteiger partial charge in [0.1, 0.15) is 11.6 Å². The van der Waals surface area contributed by atoms with Crippen molar-refractivity contribution in [3.63, 3.8) is 0 Å². The second kappa shape index (κ2) is 5.79. The molecule has 0 spiro atoms. The lowest BCUT2D eigenvalue weighted by atomic mass is 10.2. The predicted octanol–water partition coefficient (Wildman–Crippen LogP) is 3.32. The Kier molecular flexibility index (Phi) is 4.10. The van der Waals surface area contributed by atoms with Crippen LogP contribution in [0.2, 0.25) is 5.02 Å². The Bertz CT molecular complexity index is 662. The number of methoxy groups -OCH3 is 1. The number of benzene rings is 2. The highest BCUT2D eigenvalue weighted by Crippen LogP contribution is 2.25. The highest BCUT2D eigenvalue weighted by Gasteiger charge is 2.12. The molecule has 0 heterocycles. The van der Waals surface area contributed by atoms with Crippen LogP contribution in [0.5, 0.6) is 5.75 Å². The van der Waals surface area contributed by atoms with Crippen molar-refractivity contribution in [1.82, 2.24) is 0 Å². The standard InChI is InChI=1S/C14H12ClFN2O2/c1-20-13-5-3-9(7-12(13)17)18-14(19)10-4-2-8(15)6-11(10)16/h2-7H,17H2,1H3,(H,18,19). The van der Waals surface area contributed by atoms with Crippen LogP contribution in [-0.4, -0.2) is 13.0 Å². The molecule has 2 aromatic carbocycles. The van der Waals surface area contributed by atoms with Gasteiger partial charge in [-0.2, -0.15) is 0 Å². The van der Waals surface area contributed by atoms with Crippen molar-refractivity contribution in [2.75, 3.05) is 18.2 Å². The van der Waals surface area contributed by atoms with Crippen molar-refractivity contribution in [3.8, 4) is 5.75 Å². The fourth-order valence-electron chi connectivity index (χ4n) is 1.68. The lowest BCUT2D eigenvalue weighted by Crippen LogP contribution is -2.13. The van der Waals surface area contributed by atoms with E-state index in [1.165, 1.54) is 25.3 Å². The van der Waals surface area contributed by atoms with E-state index in [2.05, 4.69) is 5.32 Å². The number of nitrogens with two attached hydrogens (primary N) is 1. The number of ether oxygens (including phenoxy) is 1. The third-order valence-corrected chi connectivity index (χ3v) is 2.90. The van der Waals surface area contributed by atoms with Gasteiger partial charge in [-0.05, 0) is 36.4 Å². The number of halogens is 2. The Hall–Kier alpha value is -2.27. The largest absolute Gasteiger partial charge is 0.495 e. The zero-order valence-corrected chi connectivity index (χ0v) is 11.4. The van der Waals surface area contributed by atoms with Crippen molar-refractivity contribution >= 4 is 28.9 Å². The van der Waals surface area contributed by atoms with Gasteiger partial charge in [0.25, 0.3) is 5.91 Å². The van der Waals surface area contributed by atoms with Crippen molar-refractivity contribution in [2.24, 2.45) is 0 Å². The third kappa shape index (κ3) is 3.00. The summed E-state index contributed by atoms with van der Waals surface area (Å²) >= 11 is 5.63. The average Bonchev–Trinajstić information content (AvgIpc) is 2.38. The predicted molar refractivity (Wildman–Crippen MR) is 76.8 cm³/mol. The molecule has 0 saturated heterocycles. The summed E-state index contributed by atoms with van der Waals surface area (Å²) in [6.07, 6.45) is 0. The average molecular weight is 295 g/mol. The monoisotopic (exact) mass is 294 g/mol. The SMILES string of the molecule is COc1ccc(NC(=O)c2ccc(Cl)cc2F)cc1N. The van der Waals surface area contributed by atoms with Gasteiger partial charge in [-0.15, -0.1) is 0 Å². The van der Waals surface area contributed by atoms with E-state index < -0.39 is 11.7 Å². The van der Waals surface area contributed by atoms with Crippen LogP contribution in [0.3, 0.4) is 0 Å². The molecular formula is C14H12ClFN2O2. The summed E-state index contributed by atoms with van der Waals surface area (Å²) in [4.78, 5) is 11.9. The molecule has 0 aliphatic heterocycles. The van der Waals surface area contributed by atoms with Crippen LogP contribution >= 0.6 is 11.6 Å². The van der Waals surface area contributed by atoms with Crippen LogP contribution in [0.15, 0.2) is 36.4 Å². The van der Waals surface area contributed by atoms with Crippen LogP contribution in [0.25, 0.3) is 0 Å². The van der Waals surface area contributed by atoms with E-state index in [1.807, 2.05) is 0 Å². The first-order chi connectivity index (χ1) is 9.51. The normalized spacial score (nSPS) is 10.2. The lowest BCUT2D eigenvalue weighted by Gasteiger charge is -2.09. The Morgan fingerprint density at radius 3 is 2.65 bits per heavy atom.